The molecule has 0 radical (unpaired) electrons. The maximum Gasteiger partial charge on any atom is 0.238 e. The fourth-order valence-electron chi connectivity index (χ4n) is 2.58. The first-order valence-corrected chi connectivity index (χ1v) is 6.73. The molecule has 5 nitrogen and oxygen atoms in total. The molecule has 0 aliphatic carbocycles. The molecule has 0 bridgehead atoms. The van der Waals surface area contributed by atoms with Crippen molar-refractivity contribution in [1.29, 1.82) is 0 Å². The predicted octanol–water partition coefficient (Wildman–Crippen LogP) is 0.142. The lowest BCUT2D eigenvalue weighted by atomic mass is 10.0. The summed E-state index contributed by atoms with van der Waals surface area (Å²) in [4.78, 5) is 13.8. The average molecular weight is 262 g/mol. The number of hydrazine groups is 1. The number of nitrogens with one attached hydrogen (secondary N) is 1. The quantitative estimate of drug-likeness (QED) is 0.409. The van der Waals surface area contributed by atoms with Gasteiger partial charge in [-0.25, -0.2) is 5.84 Å². The van der Waals surface area contributed by atoms with Crippen LogP contribution in [0.15, 0.2) is 24.3 Å². The van der Waals surface area contributed by atoms with Crippen molar-refractivity contribution in [3.05, 3.63) is 35.4 Å². The highest BCUT2D eigenvalue weighted by Gasteiger charge is 2.17. The molecule has 1 amide bonds. The van der Waals surface area contributed by atoms with Gasteiger partial charge in [0.15, 0.2) is 0 Å². The minimum absolute atomic E-state index is 0.164. The number of carbonyl (C=O) groups excluding carboxylic acids is 1. The summed E-state index contributed by atoms with van der Waals surface area (Å²) in [6.45, 7) is 2.85. The summed E-state index contributed by atoms with van der Waals surface area (Å²) >= 11 is 0. The Morgan fingerprint density at radius 3 is 2.79 bits per heavy atom. The monoisotopic (exact) mass is 262 g/mol. The molecule has 0 spiro atoms. The van der Waals surface area contributed by atoms with Gasteiger partial charge in [0, 0.05) is 19.1 Å². The van der Waals surface area contributed by atoms with E-state index in [-0.39, 0.29) is 11.9 Å². The van der Waals surface area contributed by atoms with Crippen molar-refractivity contribution in [1.82, 2.24) is 10.3 Å². The van der Waals surface area contributed by atoms with Gasteiger partial charge in [-0.15, -0.1) is 0 Å². The third kappa shape index (κ3) is 4.02. The van der Waals surface area contributed by atoms with E-state index in [1.807, 2.05) is 18.2 Å². The minimum atomic E-state index is -0.164. The van der Waals surface area contributed by atoms with Gasteiger partial charge >= 0.3 is 0 Å². The lowest BCUT2D eigenvalue weighted by Crippen LogP contribution is -2.42. The van der Waals surface area contributed by atoms with Gasteiger partial charge in [0.05, 0.1) is 6.42 Å². The molecule has 1 saturated heterocycles. The first-order chi connectivity index (χ1) is 9.19. The van der Waals surface area contributed by atoms with Gasteiger partial charge < -0.3 is 5.73 Å². The molecule has 5 heteroatoms. The lowest BCUT2D eigenvalue weighted by molar-refractivity contribution is -0.120. The first kappa shape index (κ1) is 14.0. The van der Waals surface area contributed by atoms with E-state index in [1.165, 1.54) is 5.56 Å². The van der Waals surface area contributed by atoms with Crippen molar-refractivity contribution in [2.45, 2.75) is 31.8 Å². The van der Waals surface area contributed by atoms with Crippen LogP contribution >= 0.6 is 0 Å². The minimum Gasteiger partial charge on any atom is -0.327 e. The molecule has 1 heterocycles. The Morgan fingerprint density at radius 2 is 2.11 bits per heavy atom. The largest absolute Gasteiger partial charge is 0.327 e. The molecule has 0 saturated carbocycles. The average Bonchev–Trinajstić information content (AvgIpc) is 2.41. The van der Waals surface area contributed by atoms with Gasteiger partial charge in [-0.2, -0.15) is 0 Å². The van der Waals surface area contributed by atoms with Gasteiger partial charge in [-0.05, 0) is 30.5 Å². The van der Waals surface area contributed by atoms with Crippen LogP contribution in [0.2, 0.25) is 0 Å². The maximum atomic E-state index is 11.4. The van der Waals surface area contributed by atoms with Crippen LogP contribution in [0.3, 0.4) is 0 Å². The van der Waals surface area contributed by atoms with Crippen LogP contribution in [-0.2, 0) is 17.8 Å². The van der Waals surface area contributed by atoms with Crippen LogP contribution in [0.4, 0.5) is 0 Å². The van der Waals surface area contributed by atoms with E-state index in [2.05, 4.69) is 16.4 Å². The van der Waals surface area contributed by atoms with E-state index in [1.54, 1.807) is 0 Å². The molecule has 1 fully saturated rings. The van der Waals surface area contributed by atoms with Crippen molar-refractivity contribution >= 4 is 5.91 Å². The summed E-state index contributed by atoms with van der Waals surface area (Å²) in [6, 6.07) is 8.27. The summed E-state index contributed by atoms with van der Waals surface area (Å²) < 4.78 is 0. The summed E-state index contributed by atoms with van der Waals surface area (Å²) in [5.41, 5.74) is 10.4. The van der Waals surface area contributed by atoms with Crippen LogP contribution in [0.1, 0.15) is 24.0 Å². The van der Waals surface area contributed by atoms with Crippen molar-refractivity contribution in [3.8, 4) is 0 Å². The summed E-state index contributed by atoms with van der Waals surface area (Å²) in [5.74, 6) is 4.98. The van der Waals surface area contributed by atoms with Gasteiger partial charge in [-0.1, -0.05) is 24.3 Å². The van der Waals surface area contributed by atoms with Crippen LogP contribution in [0.5, 0.6) is 0 Å². The summed E-state index contributed by atoms with van der Waals surface area (Å²) in [5, 5.41) is 0. The van der Waals surface area contributed by atoms with Gasteiger partial charge in [-0.3, -0.25) is 15.1 Å². The maximum absolute atomic E-state index is 11.4. The molecule has 2 rings (SSSR count). The zero-order chi connectivity index (χ0) is 13.7. The lowest BCUT2D eigenvalue weighted by Gasteiger charge is -2.31. The van der Waals surface area contributed by atoms with E-state index >= 15 is 0 Å². The summed E-state index contributed by atoms with van der Waals surface area (Å²) in [7, 11) is 0. The topological polar surface area (TPSA) is 84.4 Å². The van der Waals surface area contributed by atoms with Gasteiger partial charge in [0.2, 0.25) is 5.91 Å². The number of rotatable bonds is 4. The van der Waals surface area contributed by atoms with Crippen molar-refractivity contribution in [2.75, 3.05) is 13.1 Å². The van der Waals surface area contributed by atoms with Gasteiger partial charge in [0.25, 0.3) is 0 Å². The number of carbonyl (C=O) groups is 1. The second-order valence-electron chi connectivity index (χ2n) is 5.15. The molecule has 19 heavy (non-hydrogen) atoms. The fraction of sp³-hybridized carbons (Fsp3) is 0.500. The van der Waals surface area contributed by atoms with Crippen molar-refractivity contribution in [2.24, 2.45) is 11.6 Å². The van der Waals surface area contributed by atoms with Crippen molar-refractivity contribution < 1.29 is 4.79 Å². The molecule has 1 aromatic rings. The Morgan fingerprint density at radius 1 is 1.37 bits per heavy atom. The molecule has 1 unspecified atom stereocenters. The van der Waals surface area contributed by atoms with Crippen LogP contribution in [-0.4, -0.2) is 29.9 Å². The Balaban J connectivity index is 2.04. The number of amides is 1. The number of nitrogens with zero attached hydrogens (tertiary/aromatic N) is 1. The van der Waals surface area contributed by atoms with Crippen LogP contribution in [0, 0.1) is 0 Å². The number of likely N-dealkylation sites (tertiary alicyclic amines) is 1. The van der Waals surface area contributed by atoms with E-state index in [9.17, 15) is 4.79 Å². The molecule has 1 atom stereocenters. The van der Waals surface area contributed by atoms with Gasteiger partial charge in [0.1, 0.15) is 0 Å². The second-order valence-corrected chi connectivity index (χ2v) is 5.15. The number of hydrogen-bond acceptors (Lipinski definition) is 4. The molecule has 0 aromatic heterocycles. The molecular weight excluding hydrogens is 240 g/mol. The highest BCUT2D eigenvalue weighted by atomic mass is 16.2. The standard InChI is InChI=1S/C14H22N4O/c15-13-6-3-7-18(10-13)9-12-5-2-1-4-11(12)8-14(19)17-16/h1-2,4-5,13H,3,6-10,15-16H2,(H,17,19). The van der Waals surface area contributed by atoms with Crippen LogP contribution < -0.4 is 17.0 Å². The summed E-state index contributed by atoms with van der Waals surface area (Å²) in [6.07, 6.45) is 2.58. The molecular formula is C14H22N4O. The Kier molecular flexibility index (Phi) is 4.90. The highest BCUT2D eigenvalue weighted by Crippen LogP contribution is 2.16. The molecule has 1 aliphatic rings. The third-order valence-corrected chi connectivity index (χ3v) is 3.57. The normalized spacial score (nSPS) is 20.2. The molecule has 1 aromatic carbocycles. The van der Waals surface area contributed by atoms with Crippen LogP contribution in [0.25, 0.3) is 0 Å². The molecule has 5 N–H and O–H groups in total. The highest BCUT2D eigenvalue weighted by molar-refractivity contribution is 5.78. The number of benzene rings is 1. The van der Waals surface area contributed by atoms with E-state index in [0.29, 0.717) is 6.42 Å². The molecule has 104 valence electrons. The number of piperidine rings is 1. The Hall–Kier alpha value is -1.43. The smallest absolute Gasteiger partial charge is 0.238 e. The van der Waals surface area contributed by atoms with E-state index in [4.69, 9.17) is 11.6 Å². The van der Waals surface area contributed by atoms with E-state index < -0.39 is 0 Å². The zero-order valence-corrected chi connectivity index (χ0v) is 11.1. The number of hydrogen-bond donors (Lipinski definition) is 3. The zero-order valence-electron chi connectivity index (χ0n) is 11.1. The number of nitrogens with two attached hydrogens (primary N) is 2. The molecule has 1 aliphatic heterocycles. The second kappa shape index (κ2) is 6.65. The predicted molar refractivity (Wildman–Crippen MR) is 75.0 cm³/mol. The SMILES string of the molecule is NNC(=O)Cc1ccccc1CN1CCCC(N)C1. The van der Waals surface area contributed by atoms with Crippen molar-refractivity contribution in [3.63, 3.8) is 0 Å². The Labute approximate surface area is 113 Å². The first-order valence-electron chi connectivity index (χ1n) is 6.73. The third-order valence-electron chi connectivity index (χ3n) is 3.57. The Bertz CT molecular complexity index is 435. The van der Waals surface area contributed by atoms with E-state index in [0.717, 1.165) is 38.0 Å². The fourth-order valence-corrected chi connectivity index (χ4v) is 2.58.